The Bertz CT molecular complexity index is 29.9. The van der Waals surface area contributed by atoms with E-state index in [0.717, 1.165) is 0 Å². The SMILES string of the molecule is O=[Si]([O-])[O-].[Ra+2]. The first-order valence-corrected chi connectivity index (χ1v) is 1.84. The maximum absolute atomic E-state index is 8.52. The minimum atomic E-state index is -3.63. The zero-order chi connectivity index (χ0) is 3.58. The van der Waals surface area contributed by atoms with E-state index in [-0.39, 0.29) is 45.0 Å². The fourth-order valence-electron chi connectivity index (χ4n) is 0. The molecule has 0 aromatic rings. The molecule has 0 unspecified atom stereocenters. The minimum absolute atomic E-state index is 0. The van der Waals surface area contributed by atoms with Gasteiger partial charge in [0.05, 0.1) is 0 Å². The van der Waals surface area contributed by atoms with Crippen LogP contribution in [-0.2, 0) is 4.46 Å². The fourth-order valence-corrected chi connectivity index (χ4v) is 0. The van der Waals surface area contributed by atoms with E-state index in [1.807, 2.05) is 0 Å². The van der Waals surface area contributed by atoms with Crippen molar-refractivity contribution in [2.75, 3.05) is 0 Å². The van der Waals surface area contributed by atoms with Gasteiger partial charge in [0.1, 0.15) is 0 Å². The topological polar surface area (TPSA) is 63.2 Å². The molecule has 24 valence electrons. The molecule has 0 aromatic carbocycles. The van der Waals surface area contributed by atoms with Gasteiger partial charge in [-0.25, -0.2) is 0 Å². The van der Waals surface area contributed by atoms with E-state index in [2.05, 4.69) is 0 Å². The van der Waals surface area contributed by atoms with Gasteiger partial charge in [0.2, 0.25) is 0 Å². The molecule has 0 amide bonds. The van der Waals surface area contributed by atoms with Crippen LogP contribution in [0.5, 0.6) is 0 Å². The summed E-state index contributed by atoms with van der Waals surface area (Å²) in [6, 6.07) is 0. The van der Waals surface area contributed by atoms with Crippen LogP contribution in [0.25, 0.3) is 0 Å². The normalized spacial score (nSPS) is 4.80. The molecule has 0 aromatic heterocycles. The molecule has 0 aliphatic heterocycles. The van der Waals surface area contributed by atoms with Crippen molar-refractivity contribution in [3.63, 3.8) is 0 Å². The van der Waals surface area contributed by atoms with Crippen molar-refractivity contribution in [3.05, 3.63) is 0 Å². The second-order valence-electron chi connectivity index (χ2n) is 0.250. The van der Waals surface area contributed by atoms with Gasteiger partial charge in [0, 0.05) is 9.17 Å². The van der Waals surface area contributed by atoms with E-state index in [4.69, 9.17) is 14.1 Å². The average Bonchev–Trinajstić information content (AvgIpc) is 0.811. The van der Waals surface area contributed by atoms with Crippen molar-refractivity contribution in [1.29, 1.82) is 0 Å². The molecule has 0 heterocycles. The quantitative estimate of drug-likeness (QED) is 0.452. The molecule has 0 radical (unpaired) electrons. The molecule has 5 heavy (non-hydrogen) atoms. The third-order valence-corrected chi connectivity index (χ3v) is 0. The van der Waals surface area contributed by atoms with Gasteiger partial charge in [0.15, 0.2) is 0 Å². The van der Waals surface area contributed by atoms with E-state index < -0.39 is 9.17 Å². The Labute approximate surface area is 67.4 Å². The first-order valence-electron chi connectivity index (χ1n) is 0.612. The molecule has 0 N–H and O–H groups in total. The van der Waals surface area contributed by atoms with Crippen LogP contribution in [0.4, 0.5) is 0 Å². The van der Waals surface area contributed by atoms with Gasteiger partial charge in [-0.3, -0.25) is 0 Å². The maximum atomic E-state index is 8.52. The zero-order valence-corrected chi connectivity index (χ0v) is 9.24. The number of hydrogen-bond donors (Lipinski definition) is 0. The Morgan fingerprint density at radius 2 is 1.40 bits per heavy atom. The van der Waals surface area contributed by atoms with Gasteiger partial charge in [-0.05, 0) is 0 Å². The van der Waals surface area contributed by atoms with Crippen molar-refractivity contribution in [2.24, 2.45) is 0 Å². The summed E-state index contributed by atoms with van der Waals surface area (Å²) in [6.07, 6.45) is 0. The van der Waals surface area contributed by atoms with Crippen LogP contribution in [-0.4, -0.2) is 9.17 Å². The molecule has 0 atom stereocenters. The Kier molecular flexibility index (Phi) is 9.59. The first kappa shape index (κ1) is 9.43. The maximum Gasteiger partial charge on any atom is 2.00 e. The molecule has 0 saturated heterocycles. The molecule has 5 heteroatoms. The predicted octanol–water partition coefficient (Wildman–Crippen LogP) is -2.88. The van der Waals surface area contributed by atoms with E-state index in [1.165, 1.54) is 0 Å². The third-order valence-electron chi connectivity index (χ3n) is 0. The van der Waals surface area contributed by atoms with E-state index >= 15 is 0 Å². The van der Waals surface area contributed by atoms with Crippen molar-refractivity contribution in [1.82, 2.24) is 0 Å². The van der Waals surface area contributed by atoms with Gasteiger partial charge in [0.25, 0.3) is 0 Å². The number of hydrogen-bond acceptors (Lipinski definition) is 3. The summed E-state index contributed by atoms with van der Waals surface area (Å²) in [4.78, 5) is 17.0. The molecule has 0 saturated carbocycles. The van der Waals surface area contributed by atoms with Crippen LogP contribution in [0, 0.1) is 45.0 Å². The molecule has 0 rings (SSSR count). The van der Waals surface area contributed by atoms with Gasteiger partial charge >= 0.3 is 45.0 Å². The molecular formula is O3RaSi. The standard InChI is InChI=1S/O3Si.Ra/c1-4(2)3;/q-2;+2. The van der Waals surface area contributed by atoms with Crippen LogP contribution >= 0.6 is 0 Å². The largest absolute Gasteiger partial charge is 2.00 e. The van der Waals surface area contributed by atoms with E-state index in [1.54, 1.807) is 0 Å². The molecule has 0 spiro atoms. The average molecular weight is 302 g/mol. The smallest absolute Gasteiger partial charge is 0.672 e. The summed E-state index contributed by atoms with van der Waals surface area (Å²) in [5.74, 6) is 0. The van der Waals surface area contributed by atoms with Crippen LogP contribution < -0.4 is 9.59 Å². The van der Waals surface area contributed by atoms with E-state index in [9.17, 15) is 0 Å². The molecule has 3 nitrogen and oxygen atoms in total. The van der Waals surface area contributed by atoms with Crippen molar-refractivity contribution in [3.8, 4) is 0 Å². The summed E-state index contributed by atoms with van der Waals surface area (Å²) in [5.41, 5.74) is 0. The van der Waals surface area contributed by atoms with E-state index in [0.29, 0.717) is 0 Å². The minimum Gasteiger partial charge on any atom is -0.672 e. The first-order chi connectivity index (χ1) is 1.73. The third kappa shape index (κ3) is 41.1. The predicted molar refractivity (Wildman–Crippen MR) is 6.44 cm³/mol. The van der Waals surface area contributed by atoms with Gasteiger partial charge in [-0.2, -0.15) is 0 Å². The van der Waals surface area contributed by atoms with Crippen LogP contribution in [0.3, 0.4) is 0 Å². The van der Waals surface area contributed by atoms with Gasteiger partial charge in [-0.15, -0.1) is 0 Å². The molecule has 0 aliphatic carbocycles. The summed E-state index contributed by atoms with van der Waals surface area (Å²) < 4.78 is 8.52. The summed E-state index contributed by atoms with van der Waals surface area (Å²) in [6.45, 7) is 0. The molecular weight excluding hydrogens is 302 g/mol. The molecule has 0 fully saturated rings. The van der Waals surface area contributed by atoms with Crippen molar-refractivity contribution < 1.29 is 59.1 Å². The summed E-state index contributed by atoms with van der Waals surface area (Å²) in [7, 11) is -3.63. The molecule has 0 bridgehead atoms. The van der Waals surface area contributed by atoms with Crippen LogP contribution in [0.1, 0.15) is 0 Å². The van der Waals surface area contributed by atoms with Crippen molar-refractivity contribution >= 4 is 9.17 Å². The molecule has 0 aliphatic rings. The fraction of sp³-hybridized carbons (Fsp3) is 0. The Morgan fingerprint density at radius 1 is 1.40 bits per heavy atom. The Morgan fingerprint density at radius 3 is 1.40 bits per heavy atom. The van der Waals surface area contributed by atoms with Crippen LogP contribution in [0.2, 0.25) is 0 Å². The van der Waals surface area contributed by atoms with Gasteiger partial charge < -0.3 is 14.1 Å². The van der Waals surface area contributed by atoms with Gasteiger partial charge in [-0.1, -0.05) is 0 Å². The second kappa shape index (κ2) is 5.08. The Balaban J connectivity index is 0. The number of rotatable bonds is 0. The second-order valence-corrected chi connectivity index (χ2v) is 0.750. The van der Waals surface area contributed by atoms with Crippen molar-refractivity contribution in [2.45, 2.75) is 0 Å². The monoisotopic (exact) mass is 302 g/mol. The van der Waals surface area contributed by atoms with Crippen LogP contribution in [0.15, 0.2) is 0 Å². The summed E-state index contributed by atoms with van der Waals surface area (Å²) in [5, 5.41) is 0. The zero-order valence-electron chi connectivity index (χ0n) is 2.43. The summed E-state index contributed by atoms with van der Waals surface area (Å²) >= 11 is 0. The Hall–Kier alpha value is 1.08.